The first kappa shape index (κ1) is 9.53. The van der Waals surface area contributed by atoms with Gasteiger partial charge in [0.15, 0.2) is 0 Å². The third kappa shape index (κ3) is 1.62. The molecule has 0 amide bonds. The topological polar surface area (TPSA) is 47.6 Å². The Hall–Kier alpha value is -1.02. The Labute approximate surface area is 85.5 Å². The van der Waals surface area contributed by atoms with Crippen molar-refractivity contribution in [2.75, 3.05) is 0 Å². The summed E-state index contributed by atoms with van der Waals surface area (Å²) in [5.41, 5.74) is 0.374. The van der Waals surface area contributed by atoms with Crippen molar-refractivity contribution in [2.24, 2.45) is 17.3 Å². The molecule has 14 heavy (non-hydrogen) atoms. The molecule has 2 aliphatic carbocycles. The molecule has 0 aromatic carbocycles. The van der Waals surface area contributed by atoms with Gasteiger partial charge in [0.25, 0.3) is 0 Å². The van der Waals surface area contributed by atoms with Gasteiger partial charge in [-0.25, -0.2) is 0 Å². The predicted molar refractivity (Wildman–Crippen MR) is 53.0 cm³/mol. The van der Waals surface area contributed by atoms with Crippen LogP contribution >= 0.6 is 0 Å². The van der Waals surface area contributed by atoms with Crippen LogP contribution in [0.25, 0.3) is 0 Å². The van der Waals surface area contributed by atoms with E-state index in [2.05, 4.69) is 12.1 Å². The first-order valence-corrected chi connectivity index (χ1v) is 5.57. The van der Waals surface area contributed by atoms with Gasteiger partial charge in [0, 0.05) is 11.8 Å². The maximum absolute atomic E-state index is 8.99. The molecule has 74 valence electrons. The van der Waals surface area contributed by atoms with Gasteiger partial charge in [0.2, 0.25) is 0 Å². The van der Waals surface area contributed by atoms with Crippen molar-refractivity contribution in [1.82, 2.24) is 0 Å². The van der Waals surface area contributed by atoms with Crippen LogP contribution in [0.3, 0.4) is 0 Å². The Morgan fingerprint density at radius 2 is 1.43 bits per heavy atom. The van der Waals surface area contributed by atoms with Crippen LogP contribution in [0.2, 0.25) is 0 Å². The van der Waals surface area contributed by atoms with Crippen LogP contribution in [0.5, 0.6) is 0 Å². The van der Waals surface area contributed by atoms with E-state index in [9.17, 15) is 0 Å². The first-order chi connectivity index (χ1) is 6.78. The molecule has 0 aliphatic heterocycles. The fraction of sp³-hybridized carbons (Fsp3) is 0.833. The molecule has 2 atom stereocenters. The summed E-state index contributed by atoms with van der Waals surface area (Å²) in [5.74, 6) is 0.290. The molecular formula is C12H16N2. The molecule has 0 heterocycles. The molecule has 2 aliphatic rings. The van der Waals surface area contributed by atoms with Gasteiger partial charge in [-0.3, -0.25) is 0 Å². The van der Waals surface area contributed by atoms with Gasteiger partial charge in [0.1, 0.15) is 0 Å². The third-order valence-electron chi connectivity index (χ3n) is 3.96. The summed E-state index contributed by atoms with van der Waals surface area (Å²) in [5, 5.41) is 18.0. The zero-order valence-corrected chi connectivity index (χ0v) is 8.50. The van der Waals surface area contributed by atoms with E-state index in [1.807, 2.05) is 0 Å². The van der Waals surface area contributed by atoms with E-state index in [0.717, 1.165) is 19.3 Å². The highest BCUT2D eigenvalue weighted by Gasteiger charge is 2.42. The molecule has 0 N–H and O–H groups in total. The summed E-state index contributed by atoms with van der Waals surface area (Å²) >= 11 is 0. The number of rotatable bonds is 0. The summed E-state index contributed by atoms with van der Waals surface area (Å²) in [4.78, 5) is 0. The first-order valence-electron chi connectivity index (χ1n) is 5.57. The van der Waals surface area contributed by atoms with Gasteiger partial charge < -0.3 is 0 Å². The zero-order chi connectivity index (χ0) is 10.0. The van der Waals surface area contributed by atoms with Crippen LogP contribution in [-0.4, -0.2) is 0 Å². The highest BCUT2D eigenvalue weighted by atomic mass is 14.5. The molecule has 2 heteroatoms. The normalized spacial score (nSPS) is 35.0. The van der Waals surface area contributed by atoms with Crippen LogP contribution in [0, 0.1) is 39.9 Å². The minimum atomic E-state index is 0.145. The smallest absolute Gasteiger partial charge is 0.0656 e. The highest BCUT2D eigenvalue weighted by molar-refractivity contribution is 5.03. The minimum absolute atomic E-state index is 0.145. The van der Waals surface area contributed by atoms with Crippen molar-refractivity contribution in [2.45, 2.75) is 44.9 Å². The standard InChI is InChI=1S/C12H16N2/c13-8-10-5-11(9-14)7-12(6-10)3-1-2-4-12/h10-11H,1-7H2. The molecule has 0 radical (unpaired) electrons. The van der Waals surface area contributed by atoms with Gasteiger partial charge in [-0.2, -0.15) is 10.5 Å². The van der Waals surface area contributed by atoms with Crippen LogP contribution in [0.1, 0.15) is 44.9 Å². The van der Waals surface area contributed by atoms with E-state index < -0.39 is 0 Å². The van der Waals surface area contributed by atoms with Crippen molar-refractivity contribution in [3.05, 3.63) is 0 Å². The van der Waals surface area contributed by atoms with Crippen molar-refractivity contribution >= 4 is 0 Å². The largest absolute Gasteiger partial charge is 0.198 e. The van der Waals surface area contributed by atoms with Gasteiger partial charge in [-0.05, 0) is 37.5 Å². The lowest BCUT2D eigenvalue weighted by molar-refractivity contribution is 0.140. The molecule has 2 nitrogen and oxygen atoms in total. The van der Waals surface area contributed by atoms with Gasteiger partial charge in [-0.15, -0.1) is 0 Å². The molecule has 0 aromatic rings. The van der Waals surface area contributed by atoms with E-state index in [1.54, 1.807) is 0 Å². The quantitative estimate of drug-likeness (QED) is 0.586. The minimum Gasteiger partial charge on any atom is -0.198 e. The third-order valence-corrected chi connectivity index (χ3v) is 3.96. The van der Waals surface area contributed by atoms with E-state index in [4.69, 9.17) is 10.5 Å². The molecule has 2 fully saturated rings. The van der Waals surface area contributed by atoms with E-state index in [1.165, 1.54) is 25.7 Å². The van der Waals surface area contributed by atoms with Crippen molar-refractivity contribution in [1.29, 1.82) is 10.5 Å². The van der Waals surface area contributed by atoms with Crippen molar-refractivity contribution < 1.29 is 0 Å². The summed E-state index contributed by atoms with van der Waals surface area (Å²) in [6.07, 6.45) is 8.04. The fourth-order valence-electron chi connectivity index (χ4n) is 3.37. The van der Waals surface area contributed by atoms with Gasteiger partial charge in [0.05, 0.1) is 12.1 Å². The Bertz CT molecular complexity index is 264. The molecule has 0 aromatic heterocycles. The van der Waals surface area contributed by atoms with Crippen LogP contribution in [0.15, 0.2) is 0 Å². The number of nitrogens with zero attached hydrogens (tertiary/aromatic N) is 2. The van der Waals surface area contributed by atoms with Crippen LogP contribution in [0.4, 0.5) is 0 Å². The average Bonchev–Trinajstić information content (AvgIpc) is 2.65. The fourth-order valence-corrected chi connectivity index (χ4v) is 3.37. The Morgan fingerprint density at radius 1 is 0.929 bits per heavy atom. The summed E-state index contributed by atoms with van der Waals surface area (Å²) < 4.78 is 0. The summed E-state index contributed by atoms with van der Waals surface area (Å²) in [6.45, 7) is 0. The average molecular weight is 188 g/mol. The molecule has 0 saturated heterocycles. The highest BCUT2D eigenvalue weighted by Crippen LogP contribution is 2.52. The second-order valence-electron chi connectivity index (χ2n) is 5.00. The lowest BCUT2D eigenvalue weighted by Crippen LogP contribution is -2.30. The summed E-state index contributed by atoms with van der Waals surface area (Å²) in [6, 6.07) is 4.74. The van der Waals surface area contributed by atoms with Crippen LogP contribution < -0.4 is 0 Å². The van der Waals surface area contributed by atoms with E-state index in [-0.39, 0.29) is 11.8 Å². The number of hydrogen-bond acceptors (Lipinski definition) is 2. The monoisotopic (exact) mass is 188 g/mol. The molecule has 0 bridgehead atoms. The molecular weight excluding hydrogens is 172 g/mol. The zero-order valence-electron chi connectivity index (χ0n) is 8.50. The summed E-state index contributed by atoms with van der Waals surface area (Å²) in [7, 11) is 0. The second-order valence-corrected chi connectivity index (χ2v) is 5.00. The Kier molecular flexibility index (Phi) is 2.46. The van der Waals surface area contributed by atoms with Crippen molar-refractivity contribution in [3.63, 3.8) is 0 Å². The lowest BCUT2D eigenvalue weighted by Gasteiger charge is -2.38. The van der Waals surface area contributed by atoms with Crippen LogP contribution in [-0.2, 0) is 0 Å². The maximum atomic E-state index is 8.99. The Balaban J connectivity index is 2.12. The van der Waals surface area contributed by atoms with E-state index >= 15 is 0 Å². The van der Waals surface area contributed by atoms with Gasteiger partial charge in [-0.1, -0.05) is 12.8 Å². The predicted octanol–water partition coefficient (Wildman–Crippen LogP) is 3.01. The SMILES string of the molecule is N#CC1CC(C#N)CC2(CCCC2)C1. The second kappa shape index (κ2) is 3.62. The maximum Gasteiger partial charge on any atom is 0.0656 e. The molecule has 1 spiro atoms. The van der Waals surface area contributed by atoms with Gasteiger partial charge >= 0.3 is 0 Å². The number of nitriles is 2. The van der Waals surface area contributed by atoms with Crippen molar-refractivity contribution in [3.8, 4) is 12.1 Å². The molecule has 2 saturated carbocycles. The lowest BCUT2D eigenvalue weighted by atomic mass is 9.65. The molecule has 2 rings (SSSR count). The molecule has 2 unspecified atom stereocenters. The Morgan fingerprint density at radius 3 is 1.86 bits per heavy atom. The number of hydrogen-bond donors (Lipinski definition) is 0. The van der Waals surface area contributed by atoms with E-state index in [0.29, 0.717) is 5.41 Å².